The first-order valence-electron chi connectivity index (χ1n) is 11.7. The molecule has 0 fully saturated rings. The number of aromatic nitrogens is 5. The average Bonchev–Trinajstić information content (AvgIpc) is 3.55. The molecule has 4 aromatic rings. The van der Waals surface area contributed by atoms with Crippen LogP contribution in [0.2, 0.25) is 0 Å². The second-order valence-electron chi connectivity index (χ2n) is 8.90. The maximum absolute atomic E-state index is 13.6. The Bertz CT molecular complexity index is 1510. The molecule has 0 saturated carbocycles. The van der Waals surface area contributed by atoms with Crippen molar-refractivity contribution in [3.63, 3.8) is 0 Å². The third kappa shape index (κ3) is 4.86. The van der Waals surface area contributed by atoms with Crippen LogP contribution in [-0.2, 0) is 7.05 Å². The van der Waals surface area contributed by atoms with Crippen molar-refractivity contribution in [1.29, 1.82) is 5.26 Å². The minimum atomic E-state index is -0.642. The Labute approximate surface area is 213 Å². The van der Waals surface area contributed by atoms with Crippen molar-refractivity contribution in [2.75, 3.05) is 12.4 Å². The lowest BCUT2D eigenvalue weighted by molar-refractivity contribution is 0.101. The molecule has 11 heteroatoms. The van der Waals surface area contributed by atoms with Gasteiger partial charge in [0.05, 0.1) is 31.1 Å². The van der Waals surface area contributed by atoms with Crippen LogP contribution in [0.5, 0.6) is 5.75 Å². The van der Waals surface area contributed by atoms with Gasteiger partial charge in [-0.2, -0.15) is 10.4 Å². The number of amides is 1. The molecule has 0 aliphatic carbocycles. The van der Waals surface area contributed by atoms with Gasteiger partial charge in [-0.05, 0) is 31.0 Å². The van der Waals surface area contributed by atoms with Crippen molar-refractivity contribution in [1.82, 2.24) is 24.5 Å². The maximum atomic E-state index is 13.6. The molecule has 0 saturated heterocycles. The SMILES string of the molecule is COc1c(C(=O)Nc2cnoc2)nc(C(C)C(c2cnn(C)c2)c2ccccc2C#N)n(C(C)C)c1=O. The van der Waals surface area contributed by atoms with Crippen LogP contribution in [0.1, 0.15) is 71.7 Å². The van der Waals surface area contributed by atoms with E-state index in [0.717, 1.165) is 11.1 Å². The van der Waals surface area contributed by atoms with Crippen LogP contribution in [0.15, 0.2) is 58.4 Å². The van der Waals surface area contributed by atoms with Crippen molar-refractivity contribution in [3.05, 3.63) is 87.7 Å². The molecule has 2 unspecified atom stereocenters. The van der Waals surface area contributed by atoms with Crippen LogP contribution in [0, 0.1) is 11.3 Å². The second-order valence-corrected chi connectivity index (χ2v) is 8.90. The number of anilines is 1. The molecule has 0 spiro atoms. The van der Waals surface area contributed by atoms with E-state index in [0.29, 0.717) is 17.1 Å². The predicted molar refractivity (Wildman–Crippen MR) is 135 cm³/mol. The topological polar surface area (TPSA) is 141 Å². The number of hydrogen-bond donors (Lipinski definition) is 1. The molecule has 1 N–H and O–H groups in total. The van der Waals surface area contributed by atoms with E-state index < -0.39 is 17.4 Å². The van der Waals surface area contributed by atoms with Crippen LogP contribution in [0.3, 0.4) is 0 Å². The lowest BCUT2D eigenvalue weighted by Gasteiger charge is -2.28. The molecule has 37 heavy (non-hydrogen) atoms. The first kappa shape index (κ1) is 25.4. The highest BCUT2D eigenvalue weighted by molar-refractivity contribution is 6.04. The first-order valence-corrected chi connectivity index (χ1v) is 11.7. The summed E-state index contributed by atoms with van der Waals surface area (Å²) in [5.74, 6) is -1.27. The number of ether oxygens (including phenoxy) is 1. The van der Waals surface area contributed by atoms with E-state index in [2.05, 4.69) is 21.6 Å². The van der Waals surface area contributed by atoms with Gasteiger partial charge in [-0.3, -0.25) is 18.8 Å². The summed E-state index contributed by atoms with van der Waals surface area (Å²) in [5, 5.41) is 20.4. The highest BCUT2D eigenvalue weighted by atomic mass is 16.5. The van der Waals surface area contributed by atoms with Gasteiger partial charge in [-0.15, -0.1) is 0 Å². The Morgan fingerprint density at radius 3 is 2.57 bits per heavy atom. The zero-order valence-corrected chi connectivity index (χ0v) is 21.2. The summed E-state index contributed by atoms with van der Waals surface area (Å²) in [6.45, 7) is 5.64. The first-order chi connectivity index (χ1) is 17.8. The summed E-state index contributed by atoms with van der Waals surface area (Å²) in [4.78, 5) is 31.5. The number of carbonyl (C=O) groups excluding carboxylic acids is 1. The van der Waals surface area contributed by atoms with E-state index in [1.54, 1.807) is 23.0 Å². The molecular weight excluding hydrogens is 474 g/mol. The van der Waals surface area contributed by atoms with Crippen LogP contribution in [0.25, 0.3) is 0 Å². The van der Waals surface area contributed by atoms with Gasteiger partial charge in [0.2, 0.25) is 5.75 Å². The molecule has 0 bridgehead atoms. The van der Waals surface area contributed by atoms with Gasteiger partial charge in [-0.1, -0.05) is 30.3 Å². The van der Waals surface area contributed by atoms with Gasteiger partial charge >= 0.3 is 0 Å². The fourth-order valence-electron chi connectivity index (χ4n) is 4.51. The summed E-state index contributed by atoms with van der Waals surface area (Å²) in [5.41, 5.74) is 1.78. The molecule has 2 atom stereocenters. The molecule has 11 nitrogen and oxygen atoms in total. The quantitative estimate of drug-likeness (QED) is 0.386. The van der Waals surface area contributed by atoms with E-state index in [9.17, 15) is 14.9 Å². The zero-order valence-electron chi connectivity index (χ0n) is 21.2. The molecular formula is C26H27N7O4. The average molecular weight is 502 g/mol. The number of nitrogens with zero attached hydrogens (tertiary/aromatic N) is 6. The summed E-state index contributed by atoms with van der Waals surface area (Å²) < 4.78 is 13.3. The Balaban J connectivity index is 1.94. The Kier molecular flexibility index (Phi) is 7.20. The Hall–Kier alpha value is -4.72. The molecule has 1 amide bonds. The molecule has 0 aliphatic heterocycles. The normalized spacial score (nSPS) is 12.7. The van der Waals surface area contributed by atoms with Crippen LogP contribution in [-0.4, -0.2) is 37.5 Å². The number of aryl methyl sites for hydroxylation is 1. The lowest BCUT2D eigenvalue weighted by atomic mass is 9.80. The summed E-state index contributed by atoms with van der Waals surface area (Å²) in [7, 11) is 3.13. The standard InChI is InChI=1S/C26H27N7O4/c1-15(2)33-24(31-22(23(36-5)26(33)35)25(34)30-19-12-29-37-14-19)16(3)21(18-11-28-32(4)13-18)20-9-7-6-8-17(20)10-27/h6-9,11-16,21H,1-5H3,(H,30,34). The monoisotopic (exact) mass is 501 g/mol. The minimum Gasteiger partial charge on any atom is -0.489 e. The van der Waals surface area contributed by atoms with Crippen molar-refractivity contribution >= 4 is 11.6 Å². The van der Waals surface area contributed by atoms with Crippen molar-refractivity contribution < 1.29 is 14.1 Å². The Morgan fingerprint density at radius 2 is 1.97 bits per heavy atom. The molecule has 4 rings (SSSR count). The van der Waals surface area contributed by atoms with Crippen LogP contribution >= 0.6 is 0 Å². The van der Waals surface area contributed by atoms with E-state index in [1.807, 2.05) is 46.1 Å². The number of hydrogen-bond acceptors (Lipinski definition) is 8. The molecule has 0 radical (unpaired) electrons. The lowest BCUT2D eigenvalue weighted by Crippen LogP contribution is -2.33. The number of rotatable bonds is 8. The summed E-state index contributed by atoms with van der Waals surface area (Å²) in [6, 6.07) is 9.27. The number of methoxy groups -OCH3 is 1. The van der Waals surface area contributed by atoms with Gasteiger partial charge < -0.3 is 14.6 Å². The second kappa shape index (κ2) is 10.5. The van der Waals surface area contributed by atoms with Gasteiger partial charge in [0.1, 0.15) is 17.8 Å². The van der Waals surface area contributed by atoms with Crippen molar-refractivity contribution in [3.8, 4) is 11.8 Å². The summed E-state index contributed by atoms with van der Waals surface area (Å²) >= 11 is 0. The van der Waals surface area contributed by atoms with Gasteiger partial charge in [-0.25, -0.2) is 4.98 Å². The molecule has 3 heterocycles. The van der Waals surface area contributed by atoms with Gasteiger partial charge in [0.15, 0.2) is 5.69 Å². The van der Waals surface area contributed by atoms with Crippen molar-refractivity contribution in [2.45, 2.75) is 38.6 Å². The van der Waals surface area contributed by atoms with Crippen molar-refractivity contribution in [2.24, 2.45) is 7.05 Å². The number of nitrogens with one attached hydrogen (secondary N) is 1. The van der Waals surface area contributed by atoms with Crippen LogP contribution in [0.4, 0.5) is 5.69 Å². The molecule has 0 aliphatic rings. The van der Waals surface area contributed by atoms with E-state index >= 15 is 0 Å². The zero-order chi connectivity index (χ0) is 26.7. The Morgan fingerprint density at radius 1 is 1.22 bits per heavy atom. The van der Waals surface area contributed by atoms with E-state index in [1.165, 1.54) is 24.1 Å². The largest absolute Gasteiger partial charge is 0.489 e. The third-order valence-electron chi connectivity index (χ3n) is 6.13. The van der Waals surface area contributed by atoms with Gasteiger partial charge in [0, 0.05) is 31.1 Å². The summed E-state index contributed by atoms with van der Waals surface area (Å²) in [6.07, 6.45) is 6.20. The predicted octanol–water partition coefficient (Wildman–Crippen LogP) is 3.61. The number of nitriles is 1. The molecule has 190 valence electrons. The molecule has 1 aromatic carbocycles. The highest BCUT2D eigenvalue weighted by Crippen LogP contribution is 2.39. The fourth-order valence-corrected chi connectivity index (χ4v) is 4.51. The maximum Gasteiger partial charge on any atom is 0.297 e. The fraction of sp³-hybridized carbons (Fsp3) is 0.308. The number of benzene rings is 1. The number of carbonyl (C=O) groups is 1. The third-order valence-corrected chi connectivity index (χ3v) is 6.13. The highest BCUT2D eigenvalue weighted by Gasteiger charge is 2.33. The molecule has 3 aromatic heterocycles. The van der Waals surface area contributed by atoms with Gasteiger partial charge in [0.25, 0.3) is 11.5 Å². The van der Waals surface area contributed by atoms with Crippen LogP contribution < -0.4 is 15.6 Å². The van der Waals surface area contributed by atoms with E-state index in [-0.39, 0.29) is 23.4 Å². The van der Waals surface area contributed by atoms with E-state index in [4.69, 9.17) is 14.2 Å². The smallest absolute Gasteiger partial charge is 0.297 e. The minimum absolute atomic E-state index is 0.161.